The molecule has 3 rings (SSSR count). The van der Waals surface area contributed by atoms with Gasteiger partial charge < -0.3 is 45.7 Å². The molecule has 3 heterocycles. The fourth-order valence-corrected chi connectivity index (χ4v) is 1.67. The molecule has 0 aliphatic carbocycles. The predicted molar refractivity (Wildman–Crippen MR) is 87.9 cm³/mol. The molecular formula is C12H18BN3O15. The summed E-state index contributed by atoms with van der Waals surface area (Å²) in [6.07, 6.45) is -9.51. The number of rotatable bonds is 0. The Hall–Kier alpha value is -2.88. The molecule has 12 N–H and O–H groups in total. The first-order valence-corrected chi connectivity index (χ1v) is 7.78. The van der Waals surface area contributed by atoms with Crippen LogP contribution in [0.5, 0.6) is 0 Å². The van der Waals surface area contributed by atoms with Gasteiger partial charge in [0.1, 0.15) is 0 Å². The smallest absolute Gasteiger partial charge is 0.402 e. The van der Waals surface area contributed by atoms with Crippen LogP contribution in [-0.2, 0) is 28.8 Å². The molecule has 18 nitrogen and oxygen atoms in total. The minimum Gasteiger partial charge on any atom is -0.402 e. The van der Waals surface area contributed by atoms with Gasteiger partial charge in [-0.15, -0.1) is 0 Å². The SMILES string of the molecule is O=C1NC(=O)C(O)C1O.O=C1NC(=O)C(O)C1O.O=C1NC(=O)C(O)C1O.OB(O)O. The maximum absolute atomic E-state index is 10.3. The molecule has 0 radical (unpaired) electrons. The Morgan fingerprint density at radius 2 is 0.516 bits per heavy atom. The van der Waals surface area contributed by atoms with Crippen molar-refractivity contribution in [3.8, 4) is 0 Å². The lowest BCUT2D eigenvalue weighted by atomic mass is 10.2. The summed E-state index contributed by atoms with van der Waals surface area (Å²) >= 11 is 0. The van der Waals surface area contributed by atoms with Crippen LogP contribution < -0.4 is 16.0 Å². The largest absolute Gasteiger partial charge is 0.631 e. The van der Waals surface area contributed by atoms with Gasteiger partial charge in [0.15, 0.2) is 36.6 Å². The summed E-state index contributed by atoms with van der Waals surface area (Å²) in [6.45, 7) is 0. The van der Waals surface area contributed by atoms with E-state index in [-0.39, 0.29) is 0 Å². The summed E-state index contributed by atoms with van der Waals surface area (Å²) < 4.78 is 0. The molecule has 0 aromatic rings. The molecular weight excluding hydrogens is 437 g/mol. The van der Waals surface area contributed by atoms with Crippen LogP contribution in [-0.4, -0.2) is 125 Å². The van der Waals surface area contributed by atoms with E-state index in [0.717, 1.165) is 0 Å². The first kappa shape index (κ1) is 28.1. The van der Waals surface area contributed by atoms with Gasteiger partial charge in [0.25, 0.3) is 35.4 Å². The van der Waals surface area contributed by atoms with Gasteiger partial charge in [-0.1, -0.05) is 0 Å². The first-order chi connectivity index (χ1) is 14.1. The Bertz CT molecular complexity index is 583. The monoisotopic (exact) mass is 455 g/mol. The van der Waals surface area contributed by atoms with Crippen molar-refractivity contribution in [3.05, 3.63) is 0 Å². The molecule has 174 valence electrons. The highest BCUT2D eigenvalue weighted by molar-refractivity contribution is 6.30. The van der Waals surface area contributed by atoms with Gasteiger partial charge in [0.2, 0.25) is 0 Å². The molecule has 3 aliphatic rings. The minimum atomic E-state index is -2.17. The molecule has 6 amide bonds. The lowest BCUT2D eigenvalue weighted by molar-refractivity contribution is -0.129. The molecule has 0 saturated carbocycles. The van der Waals surface area contributed by atoms with E-state index in [1.165, 1.54) is 0 Å². The molecule has 3 fully saturated rings. The zero-order valence-electron chi connectivity index (χ0n) is 15.0. The number of aliphatic hydroxyl groups is 6. The van der Waals surface area contributed by atoms with Gasteiger partial charge in [-0.2, -0.15) is 0 Å². The molecule has 0 aromatic carbocycles. The van der Waals surface area contributed by atoms with Crippen molar-refractivity contribution in [1.82, 2.24) is 16.0 Å². The van der Waals surface area contributed by atoms with Gasteiger partial charge in [-0.05, 0) is 0 Å². The molecule has 19 heteroatoms. The van der Waals surface area contributed by atoms with Gasteiger partial charge in [-0.25, -0.2) is 0 Å². The second-order valence-electron chi connectivity index (χ2n) is 5.58. The van der Waals surface area contributed by atoms with Crippen LogP contribution in [0.25, 0.3) is 0 Å². The summed E-state index contributed by atoms with van der Waals surface area (Å²) in [6, 6.07) is 0. The zero-order chi connectivity index (χ0) is 24.6. The first-order valence-electron chi connectivity index (χ1n) is 7.78. The second-order valence-corrected chi connectivity index (χ2v) is 5.58. The zero-order valence-corrected chi connectivity index (χ0v) is 15.0. The van der Waals surface area contributed by atoms with Crippen LogP contribution in [0.4, 0.5) is 0 Å². The van der Waals surface area contributed by atoms with E-state index in [9.17, 15) is 28.8 Å². The van der Waals surface area contributed by atoms with Crippen molar-refractivity contribution in [2.24, 2.45) is 0 Å². The van der Waals surface area contributed by atoms with E-state index in [0.29, 0.717) is 0 Å². The summed E-state index contributed by atoms with van der Waals surface area (Å²) in [7, 11) is -2.17. The molecule has 3 aliphatic heterocycles. The van der Waals surface area contributed by atoms with Crippen LogP contribution in [0.1, 0.15) is 0 Å². The predicted octanol–water partition coefficient (Wildman–Crippen LogP) is -9.96. The molecule has 31 heavy (non-hydrogen) atoms. The van der Waals surface area contributed by atoms with Crippen molar-refractivity contribution < 1.29 is 74.5 Å². The number of hydrogen-bond acceptors (Lipinski definition) is 15. The maximum Gasteiger partial charge on any atom is 0.631 e. The summed E-state index contributed by atoms with van der Waals surface area (Å²) in [5, 5.41) is 78.0. The van der Waals surface area contributed by atoms with E-state index >= 15 is 0 Å². The molecule has 0 aromatic heterocycles. The Balaban J connectivity index is 0.000000402. The number of carbonyl (C=O) groups excluding carboxylic acids is 6. The number of imide groups is 3. The van der Waals surface area contributed by atoms with E-state index in [1.807, 2.05) is 0 Å². The van der Waals surface area contributed by atoms with Crippen LogP contribution >= 0.6 is 0 Å². The van der Waals surface area contributed by atoms with Crippen molar-refractivity contribution in [2.45, 2.75) is 36.6 Å². The molecule has 0 bridgehead atoms. The number of nitrogens with one attached hydrogen (secondary N) is 3. The van der Waals surface area contributed by atoms with Crippen LogP contribution in [0.2, 0.25) is 0 Å². The highest BCUT2D eigenvalue weighted by Gasteiger charge is 2.40. The van der Waals surface area contributed by atoms with E-state index in [1.54, 1.807) is 16.0 Å². The number of hydrogen-bond donors (Lipinski definition) is 12. The van der Waals surface area contributed by atoms with E-state index < -0.39 is 79.4 Å². The van der Waals surface area contributed by atoms with Gasteiger partial charge in [0, 0.05) is 0 Å². The lowest BCUT2D eigenvalue weighted by Crippen LogP contribution is -2.27. The average Bonchev–Trinajstić information content (AvgIpc) is 3.13. The molecule has 3 saturated heterocycles. The summed E-state index contributed by atoms with van der Waals surface area (Å²) in [5.74, 6) is -5.04. The summed E-state index contributed by atoms with van der Waals surface area (Å²) in [5.41, 5.74) is 0. The topological polar surface area (TPSA) is 321 Å². The average molecular weight is 455 g/mol. The quantitative estimate of drug-likeness (QED) is 0.119. The third kappa shape index (κ3) is 8.41. The maximum atomic E-state index is 10.3. The van der Waals surface area contributed by atoms with Crippen LogP contribution in [0.15, 0.2) is 0 Å². The van der Waals surface area contributed by atoms with Crippen molar-refractivity contribution in [1.29, 1.82) is 0 Å². The summed E-state index contributed by atoms with van der Waals surface area (Å²) in [4.78, 5) is 61.5. The van der Waals surface area contributed by atoms with Crippen LogP contribution in [0.3, 0.4) is 0 Å². The fourth-order valence-electron chi connectivity index (χ4n) is 1.67. The standard InChI is InChI=1S/3C4H5NO4.BH3O3/c3*6-1-2(7)4(9)5-3(1)8;2-1(3)4/h3*1-2,6-7H,(H,5,8,9);2-4H. The minimum absolute atomic E-state index is 0.840. The highest BCUT2D eigenvalue weighted by atomic mass is 16.5. The number of aliphatic hydroxyl groups excluding tert-OH is 6. The third-order valence-electron chi connectivity index (χ3n) is 3.25. The van der Waals surface area contributed by atoms with E-state index in [2.05, 4.69) is 0 Å². The Morgan fingerprint density at radius 3 is 0.548 bits per heavy atom. The van der Waals surface area contributed by atoms with Crippen LogP contribution in [0, 0.1) is 0 Å². The number of amides is 6. The Labute approximate surface area is 170 Å². The Kier molecular flexibility index (Phi) is 11.0. The van der Waals surface area contributed by atoms with Crippen molar-refractivity contribution >= 4 is 42.8 Å². The molecule has 6 unspecified atom stereocenters. The lowest BCUT2D eigenvalue weighted by Gasteiger charge is -1.97. The normalized spacial score (nSPS) is 31.3. The van der Waals surface area contributed by atoms with E-state index in [4.69, 9.17) is 45.7 Å². The second kappa shape index (κ2) is 12.1. The van der Waals surface area contributed by atoms with Crippen molar-refractivity contribution in [3.63, 3.8) is 0 Å². The molecule has 6 atom stereocenters. The van der Waals surface area contributed by atoms with Crippen molar-refractivity contribution in [2.75, 3.05) is 0 Å². The third-order valence-corrected chi connectivity index (χ3v) is 3.25. The molecule has 0 spiro atoms. The van der Waals surface area contributed by atoms with Gasteiger partial charge in [-0.3, -0.25) is 44.7 Å². The van der Waals surface area contributed by atoms with Gasteiger partial charge >= 0.3 is 7.32 Å². The highest BCUT2D eigenvalue weighted by Crippen LogP contribution is 2.02. The number of carbonyl (C=O) groups is 6. The van der Waals surface area contributed by atoms with Gasteiger partial charge in [0.05, 0.1) is 0 Å². The Morgan fingerprint density at radius 1 is 0.419 bits per heavy atom. The fraction of sp³-hybridized carbons (Fsp3) is 0.500.